The van der Waals surface area contributed by atoms with Crippen LogP contribution in [0.3, 0.4) is 0 Å². The molecule has 2 amide bonds. The molecule has 2 aromatic rings. The van der Waals surface area contributed by atoms with E-state index in [-0.39, 0.29) is 24.2 Å². The predicted molar refractivity (Wildman–Crippen MR) is 100 cm³/mol. The second-order valence-electron chi connectivity index (χ2n) is 5.79. The monoisotopic (exact) mass is 360 g/mol. The van der Waals surface area contributed by atoms with E-state index in [9.17, 15) is 14.0 Å². The normalized spacial score (nSPS) is 10.4. The van der Waals surface area contributed by atoms with Crippen molar-refractivity contribution in [2.75, 3.05) is 24.7 Å². The molecule has 2 rings (SSSR count). The van der Waals surface area contributed by atoms with Gasteiger partial charge in [-0.1, -0.05) is 29.8 Å². The Bertz CT molecular complexity index is 734. The molecule has 0 aliphatic rings. The number of nitrogens with zero attached hydrogens (tertiary/aromatic N) is 1. The van der Waals surface area contributed by atoms with Crippen molar-refractivity contribution in [3.05, 3.63) is 65.5 Å². The lowest BCUT2D eigenvalue weighted by Gasteiger charge is -2.16. The molecular weight excluding hydrogens is 339 g/mol. The molecule has 6 heteroatoms. The van der Waals surface area contributed by atoms with Crippen LogP contribution in [0.5, 0.6) is 0 Å². The second-order valence-corrected chi connectivity index (χ2v) is 6.77. The number of likely N-dealkylation sites (N-methyl/N-ethyl adjacent to an activating group) is 1. The average Bonchev–Trinajstić information content (AvgIpc) is 2.57. The molecule has 0 spiro atoms. The van der Waals surface area contributed by atoms with Crippen molar-refractivity contribution >= 4 is 29.3 Å². The van der Waals surface area contributed by atoms with Gasteiger partial charge in [0.1, 0.15) is 5.82 Å². The summed E-state index contributed by atoms with van der Waals surface area (Å²) in [6.07, 6.45) is 0. The maximum atomic E-state index is 12.8. The zero-order valence-electron chi connectivity index (χ0n) is 14.3. The quantitative estimate of drug-likeness (QED) is 0.823. The zero-order valence-corrected chi connectivity index (χ0v) is 15.1. The highest BCUT2D eigenvalue weighted by Gasteiger charge is 2.13. The molecule has 0 atom stereocenters. The molecule has 0 aromatic heterocycles. The van der Waals surface area contributed by atoms with Crippen LogP contribution in [0.15, 0.2) is 48.5 Å². The lowest BCUT2D eigenvalue weighted by molar-refractivity contribution is -0.131. The number of carbonyl (C=O) groups excluding carboxylic acids is 2. The van der Waals surface area contributed by atoms with Crippen molar-refractivity contribution in [1.82, 2.24) is 4.90 Å². The first-order chi connectivity index (χ1) is 11.9. The molecule has 0 saturated heterocycles. The fraction of sp³-hybridized carbons (Fsp3) is 0.263. The maximum Gasteiger partial charge on any atom is 0.243 e. The molecule has 0 fully saturated rings. The Morgan fingerprint density at radius 3 is 2.56 bits per heavy atom. The number of halogens is 1. The molecule has 0 radical (unpaired) electrons. The summed E-state index contributed by atoms with van der Waals surface area (Å²) in [6.45, 7) is 1.99. The Labute approximate surface area is 151 Å². The predicted octanol–water partition coefficient (Wildman–Crippen LogP) is 3.46. The van der Waals surface area contributed by atoms with E-state index in [0.29, 0.717) is 11.4 Å². The van der Waals surface area contributed by atoms with Crippen LogP contribution < -0.4 is 5.32 Å². The first-order valence-corrected chi connectivity index (χ1v) is 9.02. The maximum absolute atomic E-state index is 12.8. The van der Waals surface area contributed by atoms with Gasteiger partial charge in [-0.25, -0.2) is 4.39 Å². The molecule has 2 aromatic carbocycles. The van der Waals surface area contributed by atoms with E-state index in [4.69, 9.17) is 0 Å². The highest BCUT2D eigenvalue weighted by Crippen LogP contribution is 2.14. The third-order valence-corrected chi connectivity index (χ3v) is 4.50. The van der Waals surface area contributed by atoms with Crippen molar-refractivity contribution in [2.45, 2.75) is 12.7 Å². The minimum absolute atomic E-state index is 0.0405. The Balaban J connectivity index is 1.73. The van der Waals surface area contributed by atoms with Crippen molar-refractivity contribution in [3.8, 4) is 0 Å². The van der Waals surface area contributed by atoms with Gasteiger partial charge in [-0.2, -0.15) is 0 Å². The van der Waals surface area contributed by atoms with Gasteiger partial charge in [-0.05, 0) is 36.8 Å². The van der Waals surface area contributed by atoms with Crippen LogP contribution in [-0.2, 0) is 15.3 Å². The largest absolute Gasteiger partial charge is 0.336 e. The van der Waals surface area contributed by atoms with E-state index in [1.54, 1.807) is 7.05 Å². The summed E-state index contributed by atoms with van der Waals surface area (Å²) in [6, 6.07) is 13.7. The summed E-state index contributed by atoms with van der Waals surface area (Å²) in [4.78, 5) is 25.4. The first kappa shape index (κ1) is 19.0. The summed E-state index contributed by atoms with van der Waals surface area (Å²) < 4.78 is 12.8. The van der Waals surface area contributed by atoms with Crippen LogP contribution in [-0.4, -0.2) is 36.1 Å². The molecule has 0 aliphatic carbocycles. The van der Waals surface area contributed by atoms with Crippen LogP contribution in [0.4, 0.5) is 10.1 Å². The Hall–Kier alpha value is -2.34. The van der Waals surface area contributed by atoms with Gasteiger partial charge in [-0.15, -0.1) is 11.8 Å². The van der Waals surface area contributed by atoms with Crippen LogP contribution in [0, 0.1) is 12.7 Å². The van der Waals surface area contributed by atoms with Crippen molar-refractivity contribution in [2.24, 2.45) is 0 Å². The number of aryl methyl sites for hydroxylation is 1. The Kier molecular flexibility index (Phi) is 7.01. The third kappa shape index (κ3) is 6.58. The second kappa shape index (κ2) is 9.22. The van der Waals surface area contributed by atoms with E-state index in [1.807, 2.05) is 25.1 Å². The summed E-state index contributed by atoms with van der Waals surface area (Å²) >= 11 is 1.52. The Morgan fingerprint density at radius 2 is 1.88 bits per heavy atom. The molecule has 0 unspecified atom stereocenters. The summed E-state index contributed by atoms with van der Waals surface area (Å²) in [5.41, 5.74) is 2.87. The molecule has 132 valence electrons. The zero-order chi connectivity index (χ0) is 18.2. The summed E-state index contributed by atoms with van der Waals surface area (Å²) in [5, 5.41) is 2.64. The van der Waals surface area contributed by atoms with Gasteiger partial charge < -0.3 is 10.2 Å². The lowest BCUT2D eigenvalue weighted by atomic mass is 10.2. The van der Waals surface area contributed by atoms with Crippen LogP contribution in [0.1, 0.15) is 11.1 Å². The number of nitrogens with one attached hydrogen (secondary N) is 1. The van der Waals surface area contributed by atoms with Crippen LogP contribution in [0.2, 0.25) is 0 Å². The standard InChI is InChI=1S/C19H21FN2O2S/c1-14-4-3-5-15(10-14)12-25-13-19(24)22(2)11-18(23)21-17-8-6-16(20)7-9-17/h3-10H,11-13H2,1-2H3,(H,21,23). The van der Waals surface area contributed by atoms with Crippen molar-refractivity contribution < 1.29 is 14.0 Å². The van der Waals surface area contributed by atoms with E-state index >= 15 is 0 Å². The van der Waals surface area contributed by atoms with Crippen LogP contribution >= 0.6 is 11.8 Å². The molecular formula is C19H21FN2O2S. The number of anilines is 1. The number of hydrogen-bond acceptors (Lipinski definition) is 3. The number of rotatable bonds is 7. The smallest absolute Gasteiger partial charge is 0.243 e. The van der Waals surface area contributed by atoms with Gasteiger partial charge in [0, 0.05) is 18.5 Å². The Morgan fingerprint density at radius 1 is 1.16 bits per heavy atom. The summed E-state index contributed by atoms with van der Waals surface area (Å²) in [5.74, 6) is 0.283. The minimum Gasteiger partial charge on any atom is -0.336 e. The number of hydrogen-bond donors (Lipinski definition) is 1. The van der Waals surface area contributed by atoms with Gasteiger partial charge in [-0.3, -0.25) is 9.59 Å². The fourth-order valence-electron chi connectivity index (χ4n) is 2.21. The lowest BCUT2D eigenvalue weighted by Crippen LogP contribution is -2.35. The highest BCUT2D eigenvalue weighted by atomic mass is 32.2. The first-order valence-electron chi connectivity index (χ1n) is 7.87. The molecule has 0 heterocycles. The van der Waals surface area contributed by atoms with Gasteiger partial charge in [0.15, 0.2) is 0 Å². The highest BCUT2D eigenvalue weighted by molar-refractivity contribution is 7.99. The SMILES string of the molecule is Cc1cccc(CSCC(=O)N(C)CC(=O)Nc2ccc(F)cc2)c1. The van der Waals surface area contributed by atoms with Gasteiger partial charge >= 0.3 is 0 Å². The molecule has 25 heavy (non-hydrogen) atoms. The van der Waals surface area contributed by atoms with Gasteiger partial charge in [0.2, 0.25) is 11.8 Å². The number of benzene rings is 2. The number of amides is 2. The van der Waals surface area contributed by atoms with Crippen LogP contribution in [0.25, 0.3) is 0 Å². The van der Waals surface area contributed by atoms with Gasteiger partial charge in [0.25, 0.3) is 0 Å². The number of thioether (sulfide) groups is 1. The minimum atomic E-state index is -0.365. The van der Waals surface area contributed by atoms with Crippen molar-refractivity contribution in [3.63, 3.8) is 0 Å². The van der Waals surface area contributed by atoms with Crippen molar-refractivity contribution in [1.29, 1.82) is 0 Å². The average molecular weight is 360 g/mol. The van der Waals surface area contributed by atoms with E-state index in [2.05, 4.69) is 11.4 Å². The third-order valence-electron chi connectivity index (χ3n) is 3.51. The molecule has 0 saturated carbocycles. The van der Waals surface area contributed by atoms with E-state index in [1.165, 1.54) is 52.1 Å². The molecule has 4 nitrogen and oxygen atoms in total. The molecule has 1 N–H and O–H groups in total. The molecule has 0 aliphatic heterocycles. The van der Waals surface area contributed by atoms with E-state index in [0.717, 1.165) is 5.75 Å². The summed E-state index contributed by atoms with van der Waals surface area (Å²) in [7, 11) is 1.60. The van der Waals surface area contributed by atoms with Gasteiger partial charge in [0.05, 0.1) is 12.3 Å². The fourth-order valence-corrected chi connectivity index (χ4v) is 3.12. The molecule has 0 bridgehead atoms. The van der Waals surface area contributed by atoms with E-state index < -0.39 is 0 Å². The number of carbonyl (C=O) groups is 2. The topological polar surface area (TPSA) is 49.4 Å².